The number of nitrogens with one attached hydrogen (secondary N) is 1. The lowest BCUT2D eigenvalue weighted by Crippen LogP contribution is -2.42. The van der Waals surface area contributed by atoms with Crippen LogP contribution in [0.15, 0.2) is 22.7 Å². The van der Waals surface area contributed by atoms with Crippen LogP contribution in [0.5, 0.6) is 0 Å². The first-order valence-electron chi connectivity index (χ1n) is 5.75. The molecule has 1 aromatic rings. The van der Waals surface area contributed by atoms with Gasteiger partial charge in [-0.05, 0) is 36.2 Å². The molecule has 0 aromatic heterocycles. The molecule has 1 heterocycles. The van der Waals surface area contributed by atoms with Crippen molar-refractivity contribution in [3.05, 3.63) is 33.8 Å². The van der Waals surface area contributed by atoms with E-state index in [9.17, 15) is 0 Å². The number of ether oxygens (including phenoxy) is 2. The Balaban J connectivity index is 2.50. The average molecular weight is 300 g/mol. The Kier molecular flexibility index (Phi) is 4.20. The fraction of sp³-hybridized carbons (Fsp3) is 0.538. The maximum absolute atomic E-state index is 5.77. The van der Waals surface area contributed by atoms with E-state index >= 15 is 0 Å². The Morgan fingerprint density at radius 3 is 2.94 bits per heavy atom. The van der Waals surface area contributed by atoms with Crippen LogP contribution in [0.1, 0.15) is 11.1 Å². The summed E-state index contributed by atoms with van der Waals surface area (Å²) >= 11 is 3.53. The van der Waals surface area contributed by atoms with E-state index in [0.29, 0.717) is 6.61 Å². The van der Waals surface area contributed by atoms with Gasteiger partial charge in [-0.2, -0.15) is 0 Å². The van der Waals surface area contributed by atoms with Gasteiger partial charge >= 0.3 is 0 Å². The summed E-state index contributed by atoms with van der Waals surface area (Å²) in [6, 6.07) is 6.39. The molecule has 0 saturated heterocycles. The summed E-state index contributed by atoms with van der Waals surface area (Å²) in [5.74, 6) is 0. The van der Waals surface area contributed by atoms with Gasteiger partial charge in [0, 0.05) is 25.2 Å². The molecular weight excluding hydrogens is 282 g/mol. The first-order valence-corrected chi connectivity index (χ1v) is 6.55. The smallest absolute Gasteiger partial charge is 0.129 e. The van der Waals surface area contributed by atoms with Crippen molar-refractivity contribution < 1.29 is 9.47 Å². The van der Waals surface area contributed by atoms with Gasteiger partial charge in [-0.1, -0.05) is 22.0 Å². The Morgan fingerprint density at radius 1 is 1.41 bits per heavy atom. The largest absolute Gasteiger partial charge is 0.381 e. The molecule has 2 rings (SSSR count). The number of fused-ring (bicyclic) bond motifs is 1. The van der Waals surface area contributed by atoms with Crippen molar-refractivity contribution in [1.29, 1.82) is 0 Å². The van der Waals surface area contributed by atoms with Crippen molar-refractivity contribution in [2.45, 2.75) is 12.0 Å². The molecule has 0 aliphatic carbocycles. The Hall–Kier alpha value is -0.420. The number of rotatable bonds is 3. The van der Waals surface area contributed by atoms with Gasteiger partial charge in [0.2, 0.25) is 0 Å². The number of methoxy groups -OCH3 is 2. The third kappa shape index (κ3) is 2.55. The average Bonchev–Trinajstić information content (AvgIpc) is 2.51. The van der Waals surface area contributed by atoms with Crippen LogP contribution in [0.3, 0.4) is 0 Å². The van der Waals surface area contributed by atoms with Crippen LogP contribution in [0.25, 0.3) is 0 Å². The molecule has 1 unspecified atom stereocenters. The van der Waals surface area contributed by atoms with E-state index < -0.39 is 0 Å². The minimum absolute atomic E-state index is 0.385. The van der Waals surface area contributed by atoms with Crippen LogP contribution in [-0.2, 0) is 21.5 Å². The van der Waals surface area contributed by atoms with Crippen molar-refractivity contribution in [3.8, 4) is 0 Å². The van der Waals surface area contributed by atoms with E-state index in [4.69, 9.17) is 9.47 Å². The summed E-state index contributed by atoms with van der Waals surface area (Å²) in [5, 5.41) is 3.42. The molecule has 1 N–H and O–H groups in total. The first-order chi connectivity index (χ1) is 8.22. The minimum Gasteiger partial charge on any atom is -0.381 e. The fourth-order valence-electron chi connectivity index (χ4n) is 2.40. The molecule has 0 fully saturated rings. The zero-order valence-electron chi connectivity index (χ0n) is 10.3. The molecule has 0 bridgehead atoms. The molecule has 4 heteroatoms. The van der Waals surface area contributed by atoms with Crippen LogP contribution in [-0.4, -0.2) is 33.9 Å². The van der Waals surface area contributed by atoms with Gasteiger partial charge < -0.3 is 14.8 Å². The number of benzene rings is 1. The van der Waals surface area contributed by atoms with E-state index in [2.05, 4.69) is 39.4 Å². The normalized spacial score (nSPS) is 24.2. The van der Waals surface area contributed by atoms with Crippen LogP contribution in [0, 0.1) is 0 Å². The fourth-order valence-corrected chi connectivity index (χ4v) is 2.76. The molecule has 0 spiro atoms. The maximum Gasteiger partial charge on any atom is 0.129 e. The Morgan fingerprint density at radius 2 is 2.24 bits per heavy atom. The van der Waals surface area contributed by atoms with Gasteiger partial charge in [0.25, 0.3) is 0 Å². The molecule has 1 aliphatic heterocycles. The summed E-state index contributed by atoms with van der Waals surface area (Å²) in [6.07, 6.45) is 1.03. The van der Waals surface area contributed by atoms with Crippen molar-refractivity contribution >= 4 is 15.9 Å². The van der Waals surface area contributed by atoms with Crippen molar-refractivity contribution in [2.24, 2.45) is 0 Å². The third-order valence-electron chi connectivity index (χ3n) is 3.31. The van der Waals surface area contributed by atoms with Crippen LogP contribution in [0.2, 0.25) is 0 Å². The maximum atomic E-state index is 5.77. The van der Waals surface area contributed by atoms with E-state index in [0.717, 1.165) is 24.0 Å². The summed E-state index contributed by atoms with van der Waals surface area (Å²) in [7, 11) is 3.46. The van der Waals surface area contributed by atoms with Crippen LogP contribution < -0.4 is 5.32 Å². The topological polar surface area (TPSA) is 30.5 Å². The summed E-state index contributed by atoms with van der Waals surface area (Å²) in [6.45, 7) is 2.31. The van der Waals surface area contributed by atoms with E-state index in [1.807, 2.05) is 0 Å². The predicted molar refractivity (Wildman–Crippen MR) is 71.3 cm³/mol. The van der Waals surface area contributed by atoms with E-state index in [1.165, 1.54) is 11.1 Å². The van der Waals surface area contributed by atoms with Gasteiger partial charge in [-0.15, -0.1) is 0 Å². The van der Waals surface area contributed by atoms with Crippen molar-refractivity contribution in [1.82, 2.24) is 5.32 Å². The highest BCUT2D eigenvalue weighted by Gasteiger charge is 2.35. The molecule has 1 aromatic carbocycles. The predicted octanol–water partition coefficient (Wildman–Crippen LogP) is 2.08. The molecule has 3 nitrogen and oxygen atoms in total. The molecule has 17 heavy (non-hydrogen) atoms. The van der Waals surface area contributed by atoms with Gasteiger partial charge in [-0.3, -0.25) is 0 Å². The molecule has 1 atom stereocenters. The SMILES string of the molecule is COCC1(OC)CNCCc2ccc(Br)cc21. The van der Waals surface area contributed by atoms with Crippen molar-refractivity contribution in [3.63, 3.8) is 0 Å². The zero-order valence-corrected chi connectivity index (χ0v) is 11.8. The molecule has 94 valence electrons. The monoisotopic (exact) mass is 299 g/mol. The van der Waals surface area contributed by atoms with Crippen LogP contribution in [0.4, 0.5) is 0 Å². The zero-order chi connectivity index (χ0) is 12.3. The van der Waals surface area contributed by atoms with E-state index in [-0.39, 0.29) is 5.60 Å². The first kappa shape index (κ1) is 13.0. The van der Waals surface area contributed by atoms with Gasteiger partial charge in [0.15, 0.2) is 0 Å². The quantitative estimate of drug-likeness (QED) is 0.927. The highest BCUT2D eigenvalue weighted by molar-refractivity contribution is 9.10. The Bertz CT molecular complexity index is 397. The Labute approximate surface area is 111 Å². The standard InChI is InChI=1S/C13H18BrNO2/c1-16-9-13(17-2)8-15-6-5-10-3-4-11(14)7-12(10)13/h3-4,7,15H,5-6,8-9H2,1-2H3. The summed E-state index contributed by atoms with van der Waals surface area (Å²) in [5.41, 5.74) is 2.17. The summed E-state index contributed by atoms with van der Waals surface area (Å²) < 4.78 is 12.2. The molecule has 0 saturated carbocycles. The second kappa shape index (κ2) is 5.48. The van der Waals surface area contributed by atoms with Gasteiger partial charge in [0.05, 0.1) is 6.61 Å². The second-order valence-corrected chi connectivity index (χ2v) is 5.28. The van der Waals surface area contributed by atoms with Crippen LogP contribution >= 0.6 is 15.9 Å². The molecule has 1 aliphatic rings. The number of halogens is 1. The summed E-state index contributed by atoms with van der Waals surface area (Å²) in [4.78, 5) is 0. The molecular formula is C13H18BrNO2. The minimum atomic E-state index is -0.385. The lowest BCUT2D eigenvalue weighted by atomic mass is 9.90. The highest BCUT2D eigenvalue weighted by Crippen LogP contribution is 2.32. The lowest BCUT2D eigenvalue weighted by Gasteiger charge is -2.32. The highest BCUT2D eigenvalue weighted by atomic mass is 79.9. The lowest BCUT2D eigenvalue weighted by molar-refractivity contribution is -0.0665. The van der Waals surface area contributed by atoms with E-state index in [1.54, 1.807) is 14.2 Å². The number of hydrogen-bond donors (Lipinski definition) is 1. The van der Waals surface area contributed by atoms with Gasteiger partial charge in [-0.25, -0.2) is 0 Å². The molecule has 0 amide bonds. The molecule has 0 radical (unpaired) electrons. The van der Waals surface area contributed by atoms with Crippen molar-refractivity contribution in [2.75, 3.05) is 33.9 Å². The third-order valence-corrected chi connectivity index (χ3v) is 3.81. The van der Waals surface area contributed by atoms with Gasteiger partial charge in [0.1, 0.15) is 5.60 Å². The second-order valence-electron chi connectivity index (χ2n) is 4.36. The number of hydrogen-bond acceptors (Lipinski definition) is 3.